The topological polar surface area (TPSA) is 21.3 Å². The number of nitrogens with one attached hydrogen (secondary N) is 1. The van der Waals surface area contributed by atoms with Crippen LogP contribution in [0.4, 0.5) is 0 Å². The van der Waals surface area contributed by atoms with Crippen LogP contribution in [-0.2, 0) is 4.74 Å². The molecule has 21 heavy (non-hydrogen) atoms. The van der Waals surface area contributed by atoms with Crippen LogP contribution in [0.5, 0.6) is 0 Å². The van der Waals surface area contributed by atoms with Crippen LogP contribution in [0, 0.1) is 6.92 Å². The molecule has 2 rings (SSSR count). The summed E-state index contributed by atoms with van der Waals surface area (Å²) in [5.41, 5.74) is 2.46. The van der Waals surface area contributed by atoms with Gasteiger partial charge in [-0.05, 0) is 69.2 Å². The largest absolute Gasteiger partial charge is 0.378 e. The van der Waals surface area contributed by atoms with Crippen LogP contribution in [0.1, 0.15) is 62.6 Å². The van der Waals surface area contributed by atoms with Gasteiger partial charge in [0.2, 0.25) is 0 Å². The minimum atomic E-state index is 0.361. The standard InChI is InChI=1S/C18H28ClNO/c1-3-11-20-18(8-4-6-15-7-5-12-21-15)16-10-9-14(2)13-17(16)19/h9-10,13,15,18,20H,3-8,11-12H2,1-2H3. The Morgan fingerprint density at radius 2 is 2.29 bits per heavy atom. The number of aryl methyl sites for hydroxylation is 1. The minimum absolute atomic E-state index is 0.361. The molecular formula is C18H28ClNO. The third-order valence-electron chi connectivity index (χ3n) is 4.21. The van der Waals surface area contributed by atoms with Gasteiger partial charge >= 0.3 is 0 Å². The molecule has 1 fully saturated rings. The second-order valence-electron chi connectivity index (χ2n) is 6.10. The van der Waals surface area contributed by atoms with Crippen LogP contribution in [0.15, 0.2) is 18.2 Å². The lowest BCUT2D eigenvalue weighted by Gasteiger charge is -2.21. The summed E-state index contributed by atoms with van der Waals surface area (Å²) in [5.74, 6) is 0. The van der Waals surface area contributed by atoms with Gasteiger partial charge in [0.15, 0.2) is 0 Å². The number of ether oxygens (including phenoxy) is 1. The van der Waals surface area contributed by atoms with Crippen molar-refractivity contribution in [1.82, 2.24) is 5.32 Å². The predicted molar refractivity (Wildman–Crippen MR) is 90.0 cm³/mol. The first kappa shape index (κ1) is 16.8. The molecule has 1 aliphatic rings. The van der Waals surface area contributed by atoms with E-state index in [9.17, 15) is 0 Å². The molecule has 3 heteroatoms. The molecule has 1 saturated heterocycles. The van der Waals surface area contributed by atoms with E-state index < -0.39 is 0 Å². The van der Waals surface area contributed by atoms with Gasteiger partial charge in [-0.1, -0.05) is 30.7 Å². The Balaban J connectivity index is 1.92. The maximum atomic E-state index is 6.44. The SMILES string of the molecule is CCCNC(CCCC1CCCO1)c1ccc(C)cc1Cl. The van der Waals surface area contributed by atoms with Crippen molar-refractivity contribution in [3.05, 3.63) is 34.3 Å². The van der Waals surface area contributed by atoms with Crippen molar-refractivity contribution in [2.24, 2.45) is 0 Å². The van der Waals surface area contributed by atoms with E-state index in [-0.39, 0.29) is 0 Å². The van der Waals surface area contributed by atoms with Crippen molar-refractivity contribution in [1.29, 1.82) is 0 Å². The van der Waals surface area contributed by atoms with Crippen LogP contribution in [0.3, 0.4) is 0 Å². The maximum Gasteiger partial charge on any atom is 0.0576 e. The fourth-order valence-corrected chi connectivity index (χ4v) is 3.39. The lowest BCUT2D eigenvalue weighted by atomic mass is 9.98. The van der Waals surface area contributed by atoms with Gasteiger partial charge in [0.25, 0.3) is 0 Å². The van der Waals surface area contributed by atoms with Gasteiger partial charge in [-0.3, -0.25) is 0 Å². The van der Waals surface area contributed by atoms with E-state index >= 15 is 0 Å². The molecule has 0 bridgehead atoms. The van der Waals surface area contributed by atoms with E-state index in [0.29, 0.717) is 12.1 Å². The first-order valence-corrected chi connectivity index (χ1v) is 8.69. The number of hydrogen-bond acceptors (Lipinski definition) is 2. The van der Waals surface area contributed by atoms with Gasteiger partial charge in [-0.15, -0.1) is 0 Å². The van der Waals surface area contributed by atoms with E-state index in [1.54, 1.807) is 0 Å². The van der Waals surface area contributed by atoms with Crippen molar-refractivity contribution in [2.45, 2.75) is 64.5 Å². The average Bonchev–Trinajstić information content (AvgIpc) is 2.96. The molecule has 2 atom stereocenters. The predicted octanol–water partition coefficient (Wildman–Crippen LogP) is 5.04. The zero-order chi connectivity index (χ0) is 15.1. The first-order valence-electron chi connectivity index (χ1n) is 8.31. The third kappa shape index (κ3) is 5.28. The highest BCUT2D eigenvalue weighted by Gasteiger charge is 2.18. The van der Waals surface area contributed by atoms with Crippen molar-refractivity contribution >= 4 is 11.6 Å². The molecule has 0 aromatic heterocycles. The molecule has 1 aliphatic heterocycles. The fraction of sp³-hybridized carbons (Fsp3) is 0.667. The number of benzene rings is 1. The molecule has 2 nitrogen and oxygen atoms in total. The molecule has 0 radical (unpaired) electrons. The van der Waals surface area contributed by atoms with Crippen LogP contribution >= 0.6 is 11.6 Å². The van der Waals surface area contributed by atoms with Crippen molar-refractivity contribution in [2.75, 3.05) is 13.2 Å². The summed E-state index contributed by atoms with van der Waals surface area (Å²) in [6.07, 6.45) is 7.59. The summed E-state index contributed by atoms with van der Waals surface area (Å²) in [4.78, 5) is 0. The number of rotatable bonds is 8. The lowest BCUT2D eigenvalue weighted by Crippen LogP contribution is -2.23. The molecule has 0 spiro atoms. The van der Waals surface area contributed by atoms with Crippen LogP contribution < -0.4 is 5.32 Å². The Morgan fingerprint density at radius 3 is 2.95 bits per heavy atom. The molecule has 0 amide bonds. The van der Waals surface area contributed by atoms with Crippen molar-refractivity contribution in [3.63, 3.8) is 0 Å². The molecule has 1 aromatic carbocycles. The van der Waals surface area contributed by atoms with Crippen LogP contribution in [0.2, 0.25) is 5.02 Å². The summed E-state index contributed by atoms with van der Waals surface area (Å²) < 4.78 is 5.71. The number of hydrogen-bond donors (Lipinski definition) is 1. The van der Waals surface area contributed by atoms with Crippen LogP contribution in [-0.4, -0.2) is 19.3 Å². The molecule has 1 aromatic rings. The fourth-order valence-electron chi connectivity index (χ4n) is 3.02. The zero-order valence-electron chi connectivity index (χ0n) is 13.3. The quantitative estimate of drug-likeness (QED) is 0.726. The smallest absolute Gasteiger partial charge is 0.0576 e. The molecule has 2 unspecified atom stereocenters. The first-order chi connectivity index (χ1) is 10.2. The van der Waals surface area contributed by atoms with Gasteiger partial charge in [0, 0.05) is 17.7 Å². The Morgan fingerprint density at radius 1 is 1.43 bits per heavy atom. The van der Waals surface area contributed by atoms with Crippen molar-refractivity contribution in [3.8, 4) is 0 Å². The van der Waals surface area contributed by atoms with Gasteiger partial charge in [0.1, 0.15) is 0 Å². The minimum Gasteiger partial charge on any atom is -0.378 e. The van der Waals surface area contributed by atoms with E-state index in [1.165, 1.54) is 36.8 Å². The summed E-state index contributed by atoms with van der Waals surface area (Å²) in [6, 6.07) is 6.76. The monoisotopic (exact) mass is 309 g/mol. The Bertz CT molecular complexity index is 429. The maximum absolute atomic E-state index is 6.44. The van der Waals surface area contributed by atoms with Gasteiger partial charge in [-0.2, -0.15) is 0 Å². The van der Waals surface area contributed by atoms with E-state index in [0.717, 1.165) is 31.0 Å². The Kier molecular flexibility index (Phi) is 7.01. The Hall–Kier alpha value is -0.570. The van der Waals surface area contributed by atoms with Gasteiger partial charge < -0.3 is 10.1 Å². The van der Waals surface area contributed by atoms with E-state index in [1.807, 2.05) is 0 Å². The highest BCUT2D eigenvalue weighted by Crippen LogP contribution is 2.29. The summed E-state index contributed by atoms with van der Waals surface area (Å²) >= 11 is 6.44. The molecule has 118 valence electrons. The highest BCUT2D eigenvalue weighted by atomic mass is 35.5. The molecule has 0 saturated carbocycles. The molecule has 1 N–H and O–H groups in total. The lowest BCUT2D eigenvalue weighted by molar-refractivity contribution is 0.101. The highest BCUT2D eigenvalue weighted by molar-refractivity contribution is 6.31. The third-order valence-corrected chi connectivity index (χ3v) is 4.54. The van der Waals surface area contributed by atoms with Crippen LogP contribution in [0.25, 0.3) is 0 Å². The summed E-state index contributed by atoms with van der Waals surface area (Å²) in [6.45, 7) is 6.27. The number of halogens is 1. The molecular weight excluding hydrogens is 282 g/mol. The van der Waals surface area contributed by atoms with E-state index in [2.05, 4.69) is 37.4 Å². The van der Waals surface area contributed by atoms with Gasteiger partial charge in [0.05, 0.1) is 6.10 Å². The average molecular weight is 310 g/mol. The second kappa shape index (κ2) is 8.77. The molecule has 0 aliphatic carbocycles. The molecule has 1 heterocycles. The zero-order valence-corrected chi connectivity index (χ0v) is 14.1. The second-order valence-corrected chi connectivity index (χ2v) is 6.50. The van der Waals surface area contributed by atoms with Gasteiger partial charge in [-0.25, -0.2) is 0 Å². The van der Waals surface area contributed by atoms with Crippen molar-refractivity contribution < 1.29 is 4.74 Å². The summed E-state index contributed by atoms with van der Waals surface area (Å²) in [5, 5.41) is 4.54. The summed E-state index contributed by atoms with van der Waals surface area (Å²) in [7, 11) is 0. The van der Waals surface area contributed by atoms with E-state index in [4.69, 9.17) is 16.3 Å². The Labute approximate surface area is 134 Å². The normalized spacial score (nSPS) is 19.9.